The SMILES string of the molecule is O=c1cc(-c2cc3cc(Cl)ccc3oc2=O)c2ccc3c(c2o1)CN(Cc1ccc(F)cc1)CO3. The lowest BCUT2D eigenvalue weighted by Gasteiger charge is -2.29. The highest BCUT2D eigenvalue weighted by molar-refractivity contribution is 6.31. The summed E-state index contributed by atoms with van der Waals surface area (Å²) < 4.78 is 30.3. The van der Waals surface area contributed by atoms with Crippen molar-refractivity contribution in [2.75, 3.05) is 6.73 Å². The first-order valence-electron chi connectivity index (χ1n) is 10.9. The summed E-state index contributed by atoms with van der Waals surface area (Å²) in [4.78, 5) is 27.4. The fraction of sp³-hybridized carbons (Fsp3) is 0.111. The van der Waals surface area contributed by atoms with Crippen LogP contribution >= 0.6 is 11.6 Å². The van der Waals surface area contributed by atoms with Gasteiger partial charge < -0.3 is 13.6 Å². The van der Waals surface area contributed by atoms with Crippen molar-refractivity contribution < 1.29 is 18.0 Å². The molecule has 2 aromatic heterocycles. The normalized spacial score (nSPS) is 13.7. The molecule has 0 radical (unpaired) electrons. The van der Waals surface area contributed by atoms with Gasteiger partial charge in [-0.3, -0.25) is 4.90 Å². The Morgan fingerprint density at radius 2 is 1.74 bits per heavy atom. The van der Waals surface area contributed by atoms with Crippen LogP contribution in [-0.4, -0.2) is 11.6 Å². The zero-order valence-electron chi connectivity index (χ0n) is 18.2. The van der Waals surface area contributed by atoms with E-state index in [1.54, 1.807) is 48.5 Å². The van der Waals surface area contributed by atoms with E-state index in [4.69, 9.17) is 25.2 Å². The molecule has 174 valence electrons. The maximum absolute atomic E-state index is 13.3. The quantitative estimate of drug-likeness (QED) is 0.302. The second-order valence-corrected chi connectivity index (χ2v) is 8.85. The summed E-state index contributed by atoms with van der Waals surface area (Å²) in [6, 6.07) is 17.8. The van der Waals surface area contributed by atoms with E-state index in [0.29, 0.717) is 63.7 Å². The average Bonchev–Trinajstić information content (AvgIpc) is 2.85. The van der Waals surface area contributed by atoms with Crippen molar-refractivity contribution >= 4 is 33.5 Å². The van der Waals surface area contributed by atoms with E-state index in [9.17, 15) is 14.0 Å². The summed E-state index contributed by atoms with van der Waals surface area (Å²) in [5, 5.41) is 1.73. The van der Waals surface area contributed by atoms with Crippen LogP contribution in [0.2, 0.25) is 5.02 Å². The van der Waals surface area contributed by atoms with Gasteiger partial charge in [0.25, 0.3) is 0 Å². The topological polar surface area (TPSA) is 72.9 Å². The Bertz CT molecular complexity index is 1730. The van der Waals surface area contributed by atoms with E-state index < -0.39 is 11.3 Å². The largest absolute Gasteiger partial charge is 0.478 e. The Hall–Kier alpha value is -3.94. The Kier molecular flexibility index (Phi) is 5.16. The van der Waals surface area contributed by atoms with Gasteiger partial charge in [0.2, 0.25) is 0 Å². The van der Waals surface area contributed by atoms with Crippen LogP contribution in [0.15, 0.2) is 85.2 Å². The molecule has 0 N–H and O–H groups in total. The minimum absolute atomic E-state index is 0.234. The zero-order valence-corrected chi connectivity index (χ0v) is 19.0. The summed E-state index contributed by atoms with van der Waals surface area (Å²) in [6.45, 7) is 1.29. The van der Waals surface area contributed by atoms with Gasteiger partial charge in [0, 0.05) is 40.5 Å². The summed E-state index contributed by atoms with van der Waals surface area (Å²) in [6.07, 6.45) is 0. The smallest absolute Gasteiger partial charge is 0.344 e. The molecule has 0 amide bonds. The third-order valence-electron chi connectivity index (χ3n) is 6.06. The van der Waals surface area contributed by atoms with Gasteiger partial charge in [0.05, 0.1) is 11.1 Å². The molecule has 0 atom stereocenters. The number of fused-ring (bicyclic) bond motifs is 4. The van der Waals surface area contributed by atoms with Gasteiger partial charge in [-0.25, -0.2) is 14.0 Å². The minimum atomic E-state index is -0.595. The molecule has 3 heterocycles. The van der Waals surface area contributed by atoms with Crippen molar-refractivity contribution in [1.29, 1.82) is 0 Å². The molecule has 3 aromatic carbocycles. The fourth-order valence-electron chi connectivity index (χ4n) is 4.43. The van der Waals surface area contributed by atoms with Crippen LogP contribution in [0.3, 0.4) is 0 Å². The summed E-state index contributed by atoms with van der Waals surface area (Å²) >= 11 is 6.11. The van der Waals surface area contributed by atoms with E-state index in [0.717, 1.165) is 5.56 Å². The van der Waals surface area contributed by atoms with Crippen LogP contribution in [0.4, 0.5) is 4.39 Å². The van der Waals surface area contributed by atoms with E-state index in [2.05, 4.69) is 0 Å². The first-order chi connectivity index (χ1) is 16.9. The van der Waals surface area contributed by atoms with Gasteiger partial charge in [0.15, 0.2) is 0 Å². The standard InChI is InChI=1S/C27H17ClFNO5/c28-17-3-7-23-16(9-17)10-21(27(32)34-23)20-11-25(31)35-26-19(20)6-8-24-22(26)13-30(14-33-24)12-15-1-4-18(29)5-2-15/h1-11H,12-14H2. The number of benzene rings is 3. The monoisotopic (exact) mass is 489 g/mol. The first kappa shape index (κ1) is 21.6. The Morgan fingerprint density at radius 1 is 0.914 bits per heavy atom. The molecule has 6 rings (SSSR count). The highest BCUT2D eigenvalue weighted by Gasteiger charge is 2.24. The molecule has 0 saturated carbocycles. The van der Waals surface area contributed by atoms with Crippen molar-refractivity contribution in [1.82, 2.24) is 4.90 Å². The summed E-state index contributed by atoms with van der Waals surface area (Å²) in [7, 11) is 0. The molecule has 8 heteroatoms. The first-order valence-corrected chi connectivity index (χ1v) is 11.3. The van der Waals surface area contributed by atoms with Crippen molar-refractivity contribution in [3.8, 4) is 16.9 Å². The fourth-order valence-corrected chi connectivity index (χ4v) is 4.61. The molecule has 0 spiro atoms. The number of halogens is 2. The lowest BCUT2D eigenvalue weighted by atomic mass is 9.99. The molecular formula is C27H17ClFNO5. The van der Waals surface area contributed by atoms with Crippen molar-refractivity contribution in [3.05, 3.63) is 110 Å². The second-order valence-electron chi connectivity index (χ2n) is 8.41. The predicted octanol–water partition coefficient (Wildman–Crippen LogP) is 5.71. The van der Waals surface area contributed by atoms with Crippen molar-refractivity contribution in [2.24, 2.45) is 0 Å². The van der Waals surface area contributed by atoms with Crippen LogP contribution < -0.4 is 16.0 Å². The number of nitrogens with zero attached hydrogens (tertiary/aromatic N) is 1. The Labute approximate surface area is 202 Å². The molecular weight excluding hydrogens is 473 g/mol. The van der Waals surface area contributed by atoms with Crippen LogP contribution in [-0.2, 0) is 13.1 Å². The van der Waals surface area contributed by atoms with Gasteiger partial charge in [0.1, 0.15) is 29.5 Å². The molecule has 0 unspecified atom stereocenters. The van der Waals surface area contributed by atoms with Gasteiger partial charge in [-0.2, -0.15) is 0 Å². The average molecular weight is 490 g/mol. The molecule has 35 heavy (non-hydrogen) atoms. The maximum atomic E-state index is 13.3. The highest BCUT2D eigenvalue weighted by atomic mass is 35.5. The Balaban J connectivity index is 1.47. The minimum Gasteiger partial charge on any atom is -0.478 e. The number of hydrogen-bond donors (Lipinski definition) is 0. The Morgan fingerprint density at radius 3 is 2.57 bits per heavy atom. The van der Waals surface area contributed by atoms with Gasteiger partial charge in [-0.05, 0) is 54.1 Å². The van der Waals surface area contributed by atoms with Crippen LogP contribution in [0.25, 0.3) is 33.1 Å². The highest BCUT2D eigenvalue weighted by Crippen LogP contribution is 2.36. The molecule has 1 aliphatic heterocycles. The molecule has 0 saturated heterocycles. The van der Waals surface area contributed by atoms with Gasteiger partial charge in [-0.15, -0.1) is 0 Å². The molecule has 1 aliphatic rings. The predicted molar refractivity (Wildman–Crippen MR) is 130 cm³/mol. The molecule has 0 aliphatic carbocycles. The lowest BCUT2D eigenvalue weighted by molar-refractivity contribution is 0.0889. The molecule has 0 bridgehead atoms. The van der Waals surface area contributed by atoms with Crippen molar-refractivity contribution in [2.45, 2.75) is 13.1 Å². The van der Waals surface area contributed by atoms with E-state index in [-0.39, 0.29) is 11.4 Å². The second kappa shape index (κ2) is 8.37. The van der Waals surface area contributed by atoms with Gasteiger partial charge in [-0.1, -0.05) is 23.7 Å². The van der Waals surface area contributed by atoms with Crippen LogP contribution in [0.1, 0.15) is 11.1 Å². The van der Waals surface area contributed by atoms with Crippen molar-refractivity contribution in [3.63, 3.8) is 0 Å². The van der Waals surface area contributed by atoms with E-state index in [1.165, 1.54) is 18.2 Å². The van der Waals surface area contributed by atoms with Gasteiger partial charge >= 0.3 is 11.3 Å². The third kappa shape index (κ3) is 3.99. The molecule has 0 fully saturated rings. The van der Waals surface area contributed by atoms with Crippen LogP contribution in [0, 0.1) is 5.82 Å². The molecule has 5 aromatic rings. The zero-order chi connectivity index (χ0) is 24.1. The number of ether oxygens (including phenoxy) is 1. The lowest BCUT2D eigenvalue weighted by Crippen LogP contribution is -2.31. The third-order valence-corrected chi connectivity index (χ3v) is 6.30. The van der Waals surface area contributed by atoms with E-state index >= 15 is 0 Å². The molecule has 6 nitrogen and oxygen atoms in total. The number of hydrogen-bond acceptors (Lipinski definition) is 6. The van der Waals surface area contributed by atoms with Crippen LogP contribution in [0.5, 0.6) is 5.75 Å². The maximum Gasteiger partial charge on any atom is 0.344 e. The summed E-state index contributed by atoms with van der Waals surface area (Å²) in [5.74, 6) is 0.306. The number of rotatable bonds is 3. The van der Waals surface area contributed by atoms with E-state index in [1.807, 2.05) is 4.90 Å². The summed E-state index contributed by atoms with van der Waals surface area (Å²) in [5.41, 5.74) is 1.84.